The van der Waals surface area contributed by atoms with Crippen molar-refractivity contribution in [3.63, 3.8) is 0 Å². The monoisotopic (exact) mass is 422 g/mol. The van der Waals surface area contributed by atoms with Gasteiger partial charge in [-0.3, -0.25) is 9.59 Å². The first kappa shape index (κ1) is 20.0. The Hall–Kier alpha value is -3.32. The average Bonchev–Trinajstić information content (AvgIpc) is 3.23. The van der Waals surface area contributed by atoms with E-state index in [4.69, 9.17) is 9.47 Å². The molecule has 6 nitrogen and oxygen atoms in total. The van der Waals surface area contributed by atoms with E-state index in [2.05, 4.69) is 5.32 Å². The number of thiophene rings is 1. The molecular weight excluding hydrogens is 400 g/mol. The molecule has 3 aromatic rings. The molecule has 0 saturated heterocycles. The zero-order chi connectivity index (χ0) is 21.3. The second-order valence-corrected chi connectivity index (χ2v) is 8.04. The first-order valence-electron chi connectivity index (χ1n) is 9.48. The number of nitrogens with one attached hydrogen (secondary N) is 1. The van der Waals surface area contributed by atoms with E-state index in [1.807, 2.05) is 42.6 Å². The van der Waals surface area contributed by atoms with Crippen LogP contribution in [0.1, 0.15) is 32.4 Å². The fourth-order valence-electron chi connectivity index (χ4n) is 3.70. The van der Waals surface area contributed by atoms with Gasteiger partial charge in [-0.15, -0.1) is 11.3 Å². The lowest BCUT2D eigenvalue weighted by atomic mass is 9.99. The average molecular weight is 423 g/mol. The Balaban J connectivity index is 1.86. The van der Waals surface area contributed by atoms with Crippen LogP contribution in [0.2, 0.25) is 0 Å². The van der Waals surface area contributed by atoms with Crippen molar-refractivity contribution in [2.24, 2.45) is 0 Å². The summed E-state index contributed by atoms with van der Waals surface area (Å²) >= 11 is 1.56. The van der Waals surface area contributed by atoms with Crippen LogP contribution in [0, 0.1) is 6.92 Å². The molecule has 30 heavy (non-hydrogen) atoms. The lowest BCUT2D eigenvalue weighted by molar-refractivity contribution is -0.117. The standard InChI is InChI=1S/C23H22N2O4S/c1-14-6-9-18-17(11-14)22(20-5-4-10-30-20)25(13-21(26)24-18)23(27)16-8-7-15(28-2)12-19(16)29-3/h4-12,22H,13H2,1-3H3,(H,24,26). The molecule has 1 N–H and O–H groups in total. The molecule has 0 saturated carbocycles. The molecular formula is C23H22N2O4S. The van der Waals surface area contributed by atoms with Gasteiger partial charge in [0.25, 0.3) is 5.91 Å². The van der Waals surface area contributed by atoms with E-state index in [1.54, 1.807) is 41.5 Å². The van der Waals surface area contributed by atoms with Gasteiger partial charge in [-0.05, 0) is 36.6 Å². The molecule has 154 valence electrons. The van der Waals surface area contributed by atoms with Crippen LogP contribution in [0.25, 0.3) is 0 Å². The van der Waals surface area contributed by atoms with Gasteiger partial charge in [-0.1, -0.05) is 23.8 Å². The number of amides is 2. The van der Waals surface area contributed by atoms with E-state index in [1.165, 1.54) is 7.11 Å². The summed E-state index contributed by atoms with van der Waals surface area (Å²) < 4.78 is 10.7. The number of hydrogen-bond donors (Lipinski definition) is 1. The lowest BCUT2D eigenvalue weighted by Crippen LogP contribution is -2.38. The van der Waals surface area contributed by atoms with Gasteiger partial charge in [0, 0.05) is 22.2 Å². The number of nitrogens with zero attached hydrogens (tertiary/aromatic N) is 1. The van der Waals surface area contributed by atoms with Crippen molar-refractivity contribution < 1.29 is 19.1 Å². The first-order valence-corrected chi connectivity index (χ1v) is 10.4. The van der Waals surface area contributed by atoms with Crippen molar-refractivity contribution >= 4 is 28.8 Å². The summed E-state index contributed by atoms with van der Waals surface area (Å²) in [6.07, 6.45) is 0. The van der Waals surface area contributed by atoms with Gasteiger partial charge in [0.15, 0.2) is 0 Å². The lowest BCUT2D eigenvalue weighted by Gasteiger charge is -2.30. The molecule has 0 spiro atoms. The second-order valence-electron chi connectivity index (χ2n) is 7.06. The first-order chi connectivity index (χ1) is 14.5. The molecule has 1 aliphatic rings. The van der Waals surface area contributed by atoms with Crippen LogP contribution in [0.5, 0.6) is 11.5 Å². The van der Waals surface area contributed by atoms with Crippen molar-refractivity contribution in [3.8, 4) is 11.5 Å². The summed E-state index contributed by atoms with van der Waals surface area (Å²) in [5, 5.41) is 4.92. The Morgan fingerprint density at radius 1 is 1.13 bits per heavy atom. The summed E-state index contributed by atoms with van der Waals surface area (Å²) in [4.78, 5) is 29.0. The highest BCUT2D eigenvalue weighted by atomic mass is 32.1. The van der Waals surface area contributed by atoms with E-state index in [-0.39, 0.29) is 18.4 Å². The molecule has 2 aromatic carbocycles. The number of ether oxygens (including phenoxy) is 2. The van der Waals surface area contributed by atoms with E-state index in [9.17, 15) is 9.59 Å². The van der Waals surface area contributed by atoms with Crippen LogP contribution in [-0.4, -0.2) is 37.5 Å². The maximum atomic E-state index is 13.7. The van der Waals surface area contributed by atoms with Crippen LogP contribution < -0.4 is 14.8 Å². The summed E-state index contributed by atoms with van der Waals surface area (Å²) in [5.41, 5.74) is 3.05. The Labute approximate surface area is 179 Å². The molecule has 2 heterocycles. The van der Waals surface area contributed by atoms with Crippen LogP contribution in [0.3, 0.4) is 0 Å². The van der Waals surface area contributed by atoms with Crippen LogP contribution >= 0.6 is 11.3 Å². The highest BCUT2D eigenvalue weighted by molar-refractivity contribution is 7.10. The second kappa shape index (κ2) is 8.20. The number of aryl methyl sites for hydroxylation is 1. The van der Waals surface area contributed by atoms with Gasteiger partial charge in [0.1, 0.15) is 18.0 Å². The predicted molar refractivity (Wildman–Crippen MR) is 117 cm³/mol. The molecule has 7 heteroatoms. The number of carbonyl (C=O) groups is 2. The van der Waals surface area contributed by atoms with Crippen LogP contribution in [0.4, 0.5) is 5.69 Å². The molecule has 1 aliphatic heterocycles. The normalized spacial score (nSPS) is 15.8. The molecule has 1 unspecified atom stereocenters. The fourth-order valence-corrected chi connectivity index (χ4v) is 4.55. The predicted octanol–water partition coefficient (Wildman–Crippen LogP) is 4.26. The van der Waals surface area contributed by atoms with Crippen LogP contribution in [0.15, 0.2) is 53.9 Å². The summed E-state index contributed by atoms with van der Waals surface area (Å²) in [5.74, 6) is 0.476. The van der Waals surface area contributed by atoms with E-state index < -0.39 is 6.04 Å². The maximum absolute atomic E-state index is 13.7. The highest BCUT2D eigenvalue weighted by Crippen LogP contribution is 2.39. The molecule has 0 fully saturated rings. The van der Waals surface area contributed by atoms with E-state index >= 15 is 0 Å². The summed E-state index contributed by atoms with van der Waals surface area (Å²) in [6.45, 7) is 1.93. The van der Waals surface area contributed by atoms with E-state index in [0.717, 1.165) is 21.7 Å². The number of fused-ring (bicyclic) bond motifs is 1. The summed E-state index contributed by atoms with van der Waals surface area (Å²) in [7, 11) is 3.07. The van der Waals surface area contributed by atoms with Crippen LogP contribution in [-0.2, 0) is 4.79 Å². The molecule has 0 aliphatic carbocycles. The van der Waals surface area contributed by atoms with Gasteiger partial charge in [0.2, 0.25) is 5.91 Å². The Morgan fingerprint density at radius 3 is 2.67 bits per heavy atom. The third-order valence-electron chi connectivity index (χ3n) is 5.11. The van der Waals surface area contributed by atoms with Gasteiger partial charge in [0.05, 0.1) is 25.8 Å². The van der Waals surface area contributed by atoms with Crippen molar-refractivity contribution in [1.82, 2.24) is 4.90 Å². The third-order valence-corrected chi connectivity index (χ3v) is 6.04. The van der Waals surface area contributed by atoms with Gasteiger partial charge in [-0.2, -0.15) is 0 Å². The van der Waals surface area contributed by atoms with Crippen molar-refractivity contribution in [3.05, 3.63) is 75.5 Å². The maximum Gasteiger partial charge on any atom is 0.258 e. The minimum absolute atomic E-state index is 0.0652. The zero-order valence-electron chi connectivity index (χ0n) is 17.0. The quantitative estimate of drug-likeness (QED) is 0.682. The number of carbonyl (C=O) groups excluding carboxylic acids is 2. The smallest absolute Gasteiger partial charge is 0.258 e. The minimum Gasteiger partial charge on any atom is -0.497 e. The minimum atomic E-state index is -0.391. The molecule has 0 bridgehead atoms. The molecule has 2 amide bonds. The Morgan fingerprint density at radius 2 is 1.97 bits per heavy atom. The molecule has 1 aromatic heterocycles. The summed E-state index contributed by atoms with van der Waals surface area (Å²) in [6, 6.07) is 14.5. The largest absolute Gasteiger partial charge is 0.497 e. The number of rotatable bonds is 4. The topological polar surface area (TPSA) is 67.9 Å². The van der Waals surface area contributed by atoms with Crippen molar-refractivity contribution in [1.29, 1.82) is 0 Å². The highest BCUT2D eigenvalue weighted by Gasteiger charge is 2.35. The van der Waals surface area contributed by atoms with Gasteiger partial charge < -0.3 is 19.7 Å². The molecule has 1 atom stereocenters. The van der Waals surface area contributed by atoms with E-state index in [0.29, 0.717) is 17.1 Å². The number of methoxy groups -OCH3 is 2. The number of anilines is 1. The number of hydrogen-bond acceptors (Lipinski definition) is 5. The fraction of sp³-hybridized carbons (Fsp3) is 0.217. The Bertz CT molecular complexity index is 1090. The molecule has 4 rings (SSSR count). The van der Waals surface area contributed by atoms with Crippen molar-refractivity contribution in [2.75, 3.05) is 26.1 Å². The SMILES string of the molecule is COc1ccc(C(=O)N2CC(=O)Nc3ccc(C)cc3C2c2cccs2)c(OC)c1. The van der Waals surface area contributed by atoms with Crippen molar-refractivity contribution in [2.45, 2.75) is 13.0 Å². The molecule has 0 radical (unpaired) electrons. The van der Waals surface area contributed by atoms with Gasteiger partial charge in [-0.25, -0.2) is 0 Å². The zero-order valence-corrected chi connectivity index (χ0v) is 17.8. The van der Waals surface area contributed by atoms with Gasteiger partial charge >= 0.3 is 0 Å². The number of benzene rings is 2. The third kappa shape index (κ3) is 3.64. The Kier molecular flexibility index (Phi) is 5.46.